The number of likely N-dealkylation sites (tertiary alicyclic amines) is 1. The molecule has 16 unspecified atom stereocenters. The van der Waals surface area contributed by atoms with E-state index < -0.39 is 141 Å². The summed E-state index contributed by atoms with van der Waals surface area (Å²) in [5, 5.41) is 129. The number of aliphatic hydroxyl groups is 10. The Labute approximate surface area is 707 Å². The number of carbonyl (C=O) groups excluding carboxylic acids is 11. The van der Waals surface area contributed by atoms with Crippen LogP contribution in [0.3, 0.4) is 0 Å². The van der Waals surface area contributed by atoms with Gasteiger partial charge in [-0.2, -0.15) is 0 Å². The van der Waals surface area contributed by atoms with Gasteiger partial charge in [0.2, 0.25) is 65.0 Å². The summed E-state index contributed by atoms with van der Waals surface area (Å²) < 4.78 is 57.5. The van der Waals surface area contributed by atoms with Crippen LogP contribution in [0.4, 0.5) is 0 Å². The Morgan fingerprint density at radius 1 is 0.364 bits per heavy atom. The minimum absolute atomic E-state index is 0.0105. The van der Waals surface area contributed by atoms with Crippen LogP contribution in [0.25, 0.3) is 0 Å². The van der Waals surface area contributed by atoms with Gasteiger partial charge in [-0.3, -0.25) is 52.7 Å². The number of rotatable bonds is 65. The molecule has 4 saturated heterocycles. The third-order valence-corrected chi connectivity index (χ3v) is 20.6. The number of hydrogen-bond acceptors (Lipinski definition) is 31. The minimum atomic E-state index is -1.46. The lowest BCUT2D eigenvalue weighted by atomic mass is 9.97. The molecule has 4 aliphatic rings. The highest BCUT2D eigenvalue weighted by atomic mass is 16.7. The molecular formula is C79H141N11O31. The third-order valence-electron chi connectivity index (χ3n) is 20.6. The molecule has 17 atom stereocenters. The summed E-state index contributed by atoms with van der Waals surface area (Å²) in [5.74, 6) is -3.73. The van der Waals surface area contributed by atoms with Gasteiger partial charge >= 0.3 is 0 Å². The molecule has 20 N–H and O–H groups in total. The van der Waals surface area contributed by atoms with Crippen LogP contribution < -0.4 is 53.2 Å². The number of β-amino-alcohol motifs (C(OH)–C–C–N with tert-alkyl or cyclic N) is 1. The highest BCUT2D eigenvalue weighted by Crippen LogP contribution is 2.27. The highest BCUT2D eigenvalue weighted by molar-refractivity contribution is 5.79. The molecule has 0 bridgehead atoms. The lowest BCUT2D eigenvalue weighted by Gasteiger charge is -2.42. The van der Waals surface area contributed by atoms with Crippen LogP contribution in [0.5, 0.6) is 0 Å². The molecule has 0 saturated carbocycles. The fourth-order valence-electron chi connectivity index (χ4n) is 14.0. The first kappa shape index (κ1) is 107. The number of carbonyl (C=O) groups is 11. The number of aliphatic hydroxyl groups excluding tert-OH is 10. The predicted molar refractivity (Wildman–Crippen MR) is 429 cm³/mol. The molecule has 11 amide bonds. The minimum Gasteiger partial charge on any atom is -0.394 e. The van der Waals surface area contributed by atoms with E-state index in [-0.39, 0.29) is 197 Å². The van der Waals surface area contributed by atoms with Crippen molar-refractivity contribution in [2.75, 3.05) is 139 Å². The second-order valence-corrected chi connectivity index (χ2v) is 31.1. The Bertz CT molecular complexity index is 2770. The van der Waals surface area contributed by atoms with E-state index in [2.05, 4.69) is 53.2 Å². The number of methoxy groups -OCH3 is 1. The maximum absolute atomic E-state index is 14.0. The topological polar surface area (TPSA) is 606 Å². The number of nitrogens with zero attached hydrogens (tertiary/aromatic N) is 1. The average molecular weight is 1740 g/mol. The molecule has 698 valence electrons. The molecule has 4 heterocycles. The monoisotopic (exact) mass is 1740 g/mol. The van der Waals surface area contributed by atoms with Crippen molar-refractivity contribution in [3.63, 3.8) is 0 Å². The van der Waals surface area contributed by atoms with Gasteiger partial charge in [-0.15, -0.1) is 0 Å². The second-order valence-electron chi connectivity index (χ2n) is 31.1. The zero-order valence-corrected chi connectivity index (χ0v) is 70.8. The maximum atomic E-state index is 14.0. The van der Waals surface area contributed by atoms with E-state index in [0.717, 1.165) is 44.9 Å². The van der Waals surface area contributed by atoms with E-state index >= 15 is 0 Å². The average Bonchev–Trinajstić information content (AvgIpc) is 1.50. The van der Waals surface area contributed by atoms with Gasteiger partial charge in [0.05, 0.1) is 78.2 Å². The summed E-state index contributed by atoms with van der Waals surface area (Å²) in [5.41, 5.74) is -1.43. The molecule has 0 aromatic rings. The van der Waals surface area contributed by atoms with Crippen LogP contribution >= 0.6 is 0 Å². The van der Waals surface area contributed by atoms with Crippen molar-refractivity contribution in [2.24, 2.45) is 0 Å². The number of hydrogen-bond donors (Lipinski definition) is 20. The number of ether oxygens (including phenoxy) is 10. The van der Waals surface area contributed by atoms with Gasteiger partial charge in [-0.25, -0.2) is 0 Å². The smallest absolute Gasteiger partial charge is 0.222 e. The zero-order chi connectivity index (χ0) is 88.9. The van der Waals surface area contributed by atoms with E-state index in [1.165, 1.54) is 20.8 Å². The van der Waals surface area contributed by atoms with Crippen LogP contribution in [-0.4, -0.2) is 369 Å². The molecule has 4 rings (SSSR count). The van der Waals surface area contributed by atoms with Gasteiger partial charge in [0.15, 0.2) is 18.9 Å². The van der Waals surface area contributed by atoms with Gasteiger partial charge < -0.3 is 157 Å². The lowest BCUT2D eigenvalue weighted by molar-refractivity contribution is -0.270. The normalized spacial score (nSPS) is 25.1. The Kier molecular flexibility index (Phi) is 54.4. The van der Waals surface area contributed by atoms with Crippen molar-refractivity contribution >= 4 is 65.0 Å². The molecule has 0 aromatic heterocycles. The molecule has 0 aliphatic carbocycles. The highest BCUT2D eigenvalue weighted by Gasteiger charge is 2.48. The van der Waals surface area contributed by atoms with Crippen LogP contribution in [0, 0.1) is 0 Å². The number of unbranched alkanes of at least 4 members (excludes halogenated alkanes) is 10. The third kappa shape index (κ3) is 43.2. The molecule has 121 heavy (non-hydrogen) atoms. The predicted octanol–water partition coefficient (Wildman–Crippen LogP) is -5.17. The van der Waals surface area contributed by atoms with Crippen molar-refractivity contribution < 1.29 is 151 Å². The van der Waals surface area contributed by atoms with Crippen molar-refractivity contribution in [3.8, 4) is 0 Å². The van der Waals surface area contributed by atoms with E-state index in [4.69, 9.17) is 47.4 Å². The summed E-state index contributed by atoms with van der Waals surface area (Å²) in [6, 6.07) is -3.43. The van der Waals surface area contributed by atoms with E-state index in [1.54, 1.807) is 12.0 Å². The summed E-state index contributed by atoms with van der Waals surface area (Å²) in [7, 11) is 1.57. The molecule has 42 nitrogen and oxygen atoms in total. The van der Waals surface area contributed by atoms with Crippen LogP contribution in [-0.2, 0) is 100 Å². The molecule has 0 radical (unpaired) electrons. The Balaban J connectivity index is 1.30. The van der Waals surface area contributed by atoms with Gasteiger partial charge in [0.25, 0.3) is 0 Å². The first-order chi connectivity index (χ1) is 58.0. The van der Waals surface area contributed by atoms with Crippen molar-refractivity contribution in [1.29, 1.82) is 0 Å². The molecule has 4 aliphatic heterocycles. The van der Waals surface area contributed by atoms with E-state index in [1.807, 2.05) is 0 Å². The Morgan fingerprint density at radius 2 is 0.653 bits per heavy atom. The zero-order valence-electron chi connectivity index (χ0n) is 70.8. The summed E-state index contributed by atoms with van der Waals surface area (Å²) in [4.78, 5) is 141. The molecule has 0 aromatic carbocycles. The van der Waals surface area contributed by atoms with E-state index in [9.17, 15) is 104 Å². The first-order valence-electron chi connectivity index (χ1n) is 42.7. The fraction of sp³-hybridized carbons (Fsp3) is 0.861. The van der Waals surface area contributed by atoms with Crippen molar-refractivity contribution in [3.05, 3.63) is 0 Å². The fourth-order valence-corrected chi connectivity index (χ4v) is 14.0. The largest absolute Gasteiger partial charge is 0.394 e. The SMILES string of the molecule is COC[C@@H]1CC(O)CN1C(=O)CCCCCCCCCCC(=O)NC(COCCC(=O)NCCCNC(=O)CCCCOC1OC(CO)C(O)C(O)C1NC(C)=O)(COCCC(=O)NCCCNC(=O)CCCCOC1OC(CO)C(O)C(O)C1NC(C)=O)COCCC(=O)NCCCNC(=O)CCCCOC1OC(CO)C(O)C(O)C1NC(C)=O. The molecule has 4 fully saturated rings. The van der Waals surface area contributed by atoms with Gasteiger partial charge in [-0.05, 0) is 77.0 Å². The van der Waals surface area contributed by atoms with E-state index in [0.29, 0.717) is 90.2 Å². The molecule has 0 spiro atoms. The summed E-state index contributed by atoms with van der Waals surface area (Å²) in [6.45, 7) is 2.98. The quantitative estimate of drug-likeness (QED) is 0.0253. The van der Waals surface area contributed by atoms with Crippen molar-refractivity contribution in [1.82, 2.24) is 58.1 Å². The van der Waals surface area contributed by atoms with Crippen molar-refractivity contribution in [2.45, 2.75) is 297 Å². The number of nitrogens with one attached hydrogen (secondary N) is 10. The standard InChI is InChI=1S/C79H141N11O31/c1-51(94)86-67-73(109)70(106)56(44-91)119-76(67)116-36-16-13-22-59(98)80-30-19-33-83-62(101)27-39-113-48-79(89-65(104)25-11-9-7-5-6-8-10-12-26-66(105)90-43-55(97)42-54(90)47-112-4,49-114-40-28-63(102)84-34-20-31-81-60(99)23-14-17-37-117-77-68(87-52(2)95)74(110)71(107)57(45-92)120-77)50-115-41-29-64(103)85-35-21-32-82-61(100)24-15-18-38-118-78-69(88-53(3)96)75(111)72(108)58(46-93)121-78/h54-58,67-78,91-93,97,106-111H,5-50H2,1-4H3,(H,80,98)(H,81,99)(H,82,100)(H,83,101)(H,84,102)(H,85,103)(H,86,94)(H,87,95)(H,88,96)(H,89,104)/t54-,55?,56?,57?,58?,67?,68?,69?,70?,71?,72?,73?,74?,75?,76?,77?,78?,79?/m0/s1. The molecule has 42 heteroatoms. The van der Waals surface area contributed by atoms with Crippen LogP contribution in [0.1, 0.15) is 188 Å². The van der Waals surface area contributed by atoms with Gasteiger partial charge in [-0.1, -0.05) is 38.5 Å². The second kappa shape index (κ2) is 61.7. The van der Waals surface area contributed by atoms with Crippen LogP contribution in [0.15, 0.2) is 0 Å². The first-order valence-corrected chi connectivity index (χ1v) is 42.7. The van der Waals surface area contributed by atoms with Gasteiger partial charge in [0, 0.05) is 145 Å². The van der Waals surface area contributed by atoms with Crippen LogP contribution in [0.2, 0.25) is 0 Å². The summed E-state index contributed by atoms with van der Waals surface area (Å²) in [6.07, 6.45) is -5.20. The number of amides is 11. The molecular weight excluding hydrogens is 1600 g/mol. The summed E-state index contributed by atoms with van der Waals surface area (Å²) >= 11 is 0. The Hall–Kier alpha value is -6.63. The Morgan fingerprint density at radius 3 is 0.959 bits per heavy atom. The maximum Gasteiger partial charge on any atom is 0.222 e. The lowest BCUT2D eigenvalue weighted by Crippen LogP contribution is -2.64. The van der Waals surface area contributed by atoms with Gasteiger partial charge in [0.1, 0.15) is 78.6 Å².